The number of rotatable bonds is 2. The summed E-state index contributed by atoms with van der Waals surface area (Å²) in [6, 6.07) is 9.86. The Morgan fingerprint density at radius 1 is 1.10 bits per heavy atom. The van der Waals surface area contributed by atoms with Gasteiger partial charge in [-0.05, 0) is 0 Å². The van der Waals surface area contributed by atoms with Crippen LogP contribution in [0.25, 0.3) is 0 Å². The third-order valence-corrected chi connectivity index (χ3v) is 5.05. The van der Waals surface area contributed by atoms with Crippen molar-refractivity contribution < 1.29 is 18.9 Å². The van der Waals surface area contributed by atoms with E-state index in [0.29, 0.717) is 6.61 Å². The van der Waals surface area contributed by atoms with Crippen molar-refractivity contribution in [3.8, 4) is 0 Å². The second-order valence-corrected chi connectivity index (χ2v) is 6.13. The maximum absolute atomic E-state index is 6.02. The zero-order valence-electron chi connectivity index (χ0n) is 11.1. The molecule has 0 radical (unpaired) electrons. The molecule has 2 aliphatic heterocycles. The van der Waals surface area contributed by atoms with E-state index in [4.69, 9.17) is 18.9 Å². The van der Waals surface area contributed by atoms with Gasteiger partial charge in [-0.25, -0.2) is 0 Å². The SMILES string of the molecule is CO[C@H]1O[C@H]2CO[C@H](c3ccccc3)O[C@@H]2[C@@H](S)[C@@H]1S. The van der Waals surface area contributed by atoms with Crippen LogP contribution in [0.2, 0.25) is 0 Å². The van der Waals surface area contributed by atoms with Crippen LogP contribution in [0, 0.1) is 0 Å². The molecule has 1 aromatic carbocycles. The van der Waals surface area contributed by atoms with Crippen molar-refractivity contribution in [2.24, 2.45) is 0 Å². The molecule has 0 N–H and O–H groups in total. The van der Waals surface area contributed by atoms with Crippen molar-refractivity contribution >= 4 is 25.3 Å². The smallest absolute Gasteiger partial charge is 0.184 e. The van der Waals surface area contributed by atoms with Crippen LogP contribution in [0.4, 0.5) is 0 Å². The van der Waals surface area contributed by atoms with E-state index in [1.807, 2.05) is 30.3 Å². The molecule has 0 aliphatic carbocycles. The number of methoxy groups -OCH3 is 1. The van der Waals surface area contributed by atoms with Crippen molar-refractivity contribution in [2.45, 2.75) is 35.3 Å². The summed E-state index contributed by atoms with van der Waals surface area (Å²) >= 11 is 9.15. The van der Waals surface area contributed by atoms with E-state index in [1.54, 1.807) is 7.11 Å². The summed E-state index contributed by atoms with van der Waals surface area (Å²) in [5.74, 6) is 0. The van der Waals surface area contributed by atoms with E-state index >= 15 is 0 Å². The van der Waals surface area contributed by atoms with Gasteiger partial charge >= 0.3 is 0 Å². The minimum Gasteiger partial charge on any atom is -0.355 e. The molecule has 6 atom stereocenters. The van der Waals surface area contributed by atoms with Gasteiger partial charge in [0.05, 0.1) is 11.9 Å². The molecular formula is C14H18O4S2. The maximum Gasteiger partial charge on any atom is 0.184 e. The van der Waals surface area contributed by atoms with Crippen LogP contribution in [0.5, 0.6) is 0 Å². The Hall–Kier alpha value is -0.240. The van der Waals surface area contributed by atoms with Crippen LogP contribution >= 0.6 is 25.3 Å². The van der Waals surface area contributed by atoms with E-state index in [0.717, 1.165) is 5.56 Å². The Balaban J connectivity index is 1.74. The summed E-state index contributed by atoms with van der Waals surface area (Å²) < 4.78 is 22.9. The third kappa shape index (κ3) is 2.73. The summed E-state index contributed by atoms with van der Waals surface area (Å²) in [5, 5.41) is -0.212. The molecule has 0 aromatic heterocycles. The Bertz CT molecular complexity index is 442. The van der Waals surface area contributed by atoms with Gasteiger partial charge in [-0.1, -0.05) is 30.3 Å². The van der Waals surface area contributed by atoms with E-state index in [2.05, 4.69) is 25.3 Å². The molecule has 20 heavy (non-hydrogen) atoms. The second kappa shape index (κ2) is 6.25. The molecule has 0 amide bonds. The highest BCUT2D eigenvalue weighted by Crippen LogP contribution is 2.37. The van der Waals surface area contributed by atoms with Crippen molar-refractivity contribution in [2.75, 3.05) is 13.7 Å². The van der Waals surface area contributed by atoms with Crippen molar-refractivity contribution in [1.29, 1.82) is 0 Å². The monoisotopic (exact) mass is 314 g/mol. The zero-order valence-corrected chi connectivity index (χ0v) is 12.9. The van der Waals surface area contributed by atoms with Crippen molar-refractivity contribution in [1.82, 2.24) is 0 Å². The Labute approximate surface area is 129 Å². The fourth-order valence-corrected chi connectivity index (χ4v) is 3.32. The molecule has 2 heterocycles. The average Bonchev–Trinajstić information content (AvgIpc) is 2.51. The standard InChI is InChI=1S/C14H18O4S2/c1-15-14-12(20)11(19)10-9(17-14)7-16-13(18-10)8-5-3-2-4-6-8/h2-6,9-14,19-20H,7H2,1H3/t9-,10-,11+,12-,13-,14-/m0/s1. The minimum absolute atomic E-state index is 0.0721. The van der Waals surface area contributed by atoms with Crippen molar-refractivity contribution in [3.05, 3.63) is 35.9 Å². The highest BCUT2D eigenvalue weighted by molar-refractivity contribution is 7.85. The molecule has 0 unspecified atom stereocenters. The van der Waals surface area contributed by atoms with Gasteiger partial charge in [-0.15, -0.1) is 0 Å². The molecule has 6 heteroatoms. The summed E-state index contributed by atoms with van der Waals surface area (Å²) in [6.07, 6.45) is -1.10. The van der Waals surface area contributed by atoms with Gasteiger partial charge in [0.1, 0.15) is 12.2 Å². The molecule has 2 saturated heterocycles. The van der Waals surface area contributed by atoms with Crippen LogP contribution in [-0.4, -0.2) is 42.7 Å². The third-order valence-electron chi connectivity index (χ3n) is 3.64. The lowest BCUT2D eigenvalue weighted by Crippen LogP contribution is -2.58. The first kappa shape index (κ1) is 14.7. The minimum atomic E-state index is -0.387. The number of benzene rings is 1. The van der Waals surface area contributed by atoms with Crippen LogP contribution in [0.15, 0.2) is 30.3 Å². The van der Waals surface area contributed by atoms with E-state index in [9.17, 15) is 0 Å². The summed E-state index contributed by atoms with van der Waals surface area (Å²) in [6.45, 7) is 0.460. The largest absolute Gasteiger partial charge is 0.355 e. The zero-order chi connectivity index (χ0) is 14.1. The Morgan fingerprint density at radius 2 is 1.85 bits per heavy atom. The van der Waals surface area contributed by atoms with Gasteiger partial charge in [-0.2, -0.15) is 25.3 Å². The predicted molar refractivity (Wildman–Crippen MR) is 81.2 cm³/mol. The van der Waals surface area contributed by atoms with Crippen LogP contribution in [0.1, 0.15) is 11.9 Å². The molecule has 1 aromatic rings. The van der Waals surface area contributed by atoms with Gasteiger partial charge in [0.15, 0.2) is 12.6 Å². The summed E-state index contributed by atoms with van der Waals surface area (Å²) in [5.41, 5.74) is 0.996. The average molecular weight is 314 g/mol. The Kier molecular flexibility index (Phi) is 4.59. The van der Waals surface area contributed by atoms with Gasteiger partial charge in [0.2, 0.25) is 0 Å². The summed E-state index contributed by atoms with van der Waals surface area (Å²) in [4.78, 5) is 0. The second-order valence-electron chi connectivity index (χ2n) is 4.94. The first-order chi connectivity index (χ1) is 9.70. The van der Waals surface area contributed by atoms with Gasteiger partial charge in [0.25, 0.3) is 0 Å². The topological polar surface area (TPSA) is 36.9 Å². The van der Waals surface area contributed by atoms with E-state index in [1.165, 1.54) is 0 Å². The van der Waals surface area contributed by atoms with Gasteiger partial charge in [-0.3, -0.25) is 0 Å². The number of thiol groups is 2. The lowest BCUT2D eigenvalue weighted by molar-refractivity contribution is -0.308. The van der Waals surface area contributed by atoms with E-state index in [-0.39, 0.29) is 35.3 Å². The molecule has 2 aliphatic rings. The van der Waals surface area contributed by atoms with Gasteiger partial charge < -0.3 is 18.9 Å². The molecule has 0 spiro atoms. The van der Waals surface area contributed by atoms with Crippen LogP contribution in [0.3, 0.4) is 0 Å². The highest BCUT2D eigenvalue weighted by atomic mass is 32.1. The number of ether oxygens (including phenoxy) is 4. The lowest BCUT2D eigenvalue weighted by Gasteiger charge is -2.46. The molecule has 2 fully saturated rings. The maximum atomic E-state index is 6.02. The van der Waals surface area contributed by atoms with Crippen molar-refractivity contribution in [3.63, 3.8) is 0 Å². The Morgan fingerprint density at radius 3 is 2.55 bits per heavy atom. The van der Waals surface area contributed by atoms with Crippen LogP contribution < -0.4 is 0 Å². The normalized spacial score (nSPS) is 41.1. The predicted octanol–water partition coefficient (Wildman–Crippen LogP) is 2.07. The van der Waals surface area contributed by atoms with Gasteiger partial charge in [0, 0.05) is 17.9 Å². The quantitative estimate of drug-likeness (QED) is 0.820. The molecule has 4 nitrogen and oxygen atoms in total. The molecule has 3 rings (SSSR count). The first-order valence-electron chi connectivity index (χ1n) is 6.57. The number of hydrogen-bond acceptors (Lipinski definition) is 6. The molecule has 0 saturated carbocycles. The molecule has 0 bridgehead atoms. The number of hydrogen-bond donors (Lipinski definition) is 2. The lowest BCUT2D eigenvalue weighted by atomic mass is 10.0. The van der Waals surface area contributed by atoms with Crippen LogP contribution in [-0.2, 0) is 18.9 Å². The van der Waals surface area contributed by atoms with E-state index < -0.39 is 0 Å². The first-order valence-corrected chi connectivity index (χ1v) is 7.60. The number of fused-ring (bicyclic) bond motifs is 1. The molecule has 110 valence electrons. The summed E-state index contributed by atoms with van der Waals surface area (Å²) in [7, 11) is 1.60. The fraction of sp³-hybridized carbons (Fsp3) is 0.571. The molecular weight excluding hydrogens is 296 g/mol. The fourth-order valence-electron chi connectivity index (χ4n) is 2.55. The highest BCUT2D eigenvalue weighted by Gasteiger charge is 2.47.